The van der Waals surface area contributed by atoms with Crippen LogP contribution in [-0.4, -0.2) is 20.5 Å². The number of carboxylic acids is 1. The number of fused-ring (bicyclic) bond motifs is 1. The maximum Gasteiger partial charge on any atom is 0.336 e. The van der Waals surface area contributed by atoms with Gasteiger partial charge in [0.25, 0.3) is 0 Å². The van der Waals surface area contributed by atoms with Crippen LogP contribution in [0.4, 0.5) is 0 Å². The molecule has 0 aliphatic heterocycles. The van der Waals surface area contributed by atoms with Crippen molar-refractivity contribution in [3.05, 3.63) is 131 Å². The number of nitrogens with zero attached hydrogens (tertiary/aromatic N) is 2. The zero-order chi connectivity index (χ0) is 25.1. The topological polar surface area (TPSA) is 63.8 Å². The van der Waals surface area contributed by atoms with Crippen LogP contribution in [-0.2, 0) is 17.8 Å². The standard InChI is InChI=1S/C31H28N2O3/c1-3-25-19-33-28(18-13-21(2)30(33)32-25)29(36-20-22-9-5-4-6-10-22)24-16-14-23(15-17-24)26-11-7-8-12-27(26)31(34)35/h4-19,29H,3,20H2,1-2H3,(H,34,35). The lowest BCUT2D eigenvalue weighted by atomic mass is 9.96. The van der Waals surface area contributed by atoms with Crippen LogP contribution in [0.5, 0.6) is 0 Å². The number of carbonyl (C=O) groups is 1. The van der Waals surface area contributed by atoms with E-state index in [1.54, 1.807) is 12.1 Å². The molecule has 5 rings (SSSR count). The van der Waals surface area contributed by atoms with Crippen LogP contribution >= 0.6 is 0 Å². The minimum Gasteiger partial charge on any atom is -0.478 e. The largest absolute Gasteiger partial charge is 0.478 e. The fraction of sp³-hybridized carbons (Fsp3) is 0.161. The van der Waals surface area contributed by atoms with Crippen molar-refractivity contribution in [1.82, 2.24) is 9.38 Å². The molecule has 0 aliphatic carbocycles. The molecule has 180 valence electrons. The molecule has 0 spiro atoms. The van der Waals surface area contributed by atoms with Crippen LogP contribution in [0.25, 0.3) is 16.8 Å². The molecule has 36 heavy (non-hydrogen) atoms. The molecule has 0 saturated carbocycles. The quantitative estimate of drug-likeness (QED) is 0.265. The van der Waals surface area contributed by atoms with Crippen molar-refractivity contribution in [2.75, 3.05) is 0 Å². The summed E-state index contributed by atoms with van der Waals surface area (Å²) in [7, 11) is 0. The maximum absolute atomic E-state index is 11.7. The van der Waals surface area contributed by atoms with Crippen molar-refractivity contribution in [2.24, 2.45) is 0 Å². The van der Waals surface area contributed by atoms with Crippen molar-refractivity contribution >= 4 is 11.6 Å². The Bertz CT molecular complexity index is 1500. The second kappa shape index (κ2) is 10.2. The highest BCUT2D eigenvalue weighted by molar-refractivity contribution is 5.96. The molecule has 5 nitrogen and oxygen atoms in total. The van der Waals surface area contributed by atoms with Gasteiger partial charge in [-0.25, -0.2) is 9.78 Å². The first kappa shape index (κ1) is 23.5. The Morgan fingerprint density at radius 2 is 1.67 bits per heavy atom. The summed E-state index contributed by atoms with van der Waals surface area (Å²) in [5, 5.41) is 9.61. The lowest BCUT2D eigenvalue weighted by Gasteiger charge is -2.21. The smallest absolute Gasteiger partial charge is 0.336 e. The van der Waals surface area contributed by atoms with E-state index in [4.69, 9.17) is 9.72 Å². The number of hydrogen-bond acceptors (Lipinski definition) is 3. The van der Waals surface area contributed by atoms with E-state index in [0.29, 0.717) is 12.2 Å². The zero-order valence-electron chi connectivity index (χ0n) is 20.4. The highest BCUT2D eigenvalue weighted by Gasteiger charge is 2.21. The number of ether oxygens (including phenoxy) is 1. The first-order chi connectivity index (χ1) is 17.5. The Balaban J connectivity index is 1.57. The van der Waals surface area contributed by atoms with Crippen LogP contribution in [0.1, 0.15) is 51.5 Å². The van der Waals surface area contributed by atoms with Gasteiger partial charge in [0.15, 0.2) is 0 Å². The van der Waals surface area contributed by atoms with Gasteiger partial charge in [-0.1, -0.05) is 85.8 Å². The molecular weight excluding hydrogens is 448 g/mol. The summed E-state index contributed by atoms with van der Waals surface area (Å²) in [5.74, 6) is -0.937. The highest BCUT2D eigenvalue weighted by atomic mass is 16.5. The molecular formula is C31H28N2O3. The number of pyridine rings is 1. The van der Waals surface area contributed by atoms with Gasteiger partial charge in [-0.15, -0.1) is 0 Å². The molecule has 0 radical (unpaired) electrons. The predicted molar refractivity (Wildman–Crippen MR) is 141 cm³/mol. The number of rotatable bonds is 8. The lowest BCUT2D eigenvalue weighted by Crippen LogP contribution is -2.11. The van der Waals surface area contributed by atoms with Gasteiger partial charge in [0, 0.05) is 6.20 Å². The Morgan fingerprint density at radius 3 is 2.39 bits per heavy atom. The number of aryl methyl sites for hydroxylation is 2. The fourth-order valence-electron chi connectivity index (χ4n) is 4.52. The lowest BCUT2D eigenvalue weighted by molar-refractivity contribution is 0.0633. The van der Waals surface area contributed by atoms with Gasteiger partial charge in [0.05, 0.1) is 23.6 Å². The molecule has 1 N–H and O–H groups in total. The van der Waals surface area contributed by atoms with Gasteiger partial charge in [0.1, 0.15) is 11.8 Å². The molecule has 3 aromatic carbocycles. The van der Waals surface area contributed by atoms with Gasteiger partial charge >= 0.3 is 5.97 Å². The number of imidazole rings is 1. The van der Waals surface area contributed by atoms with E-state index in [2.05, 4.69) is 48.7 Å². The SMILES string of the molecule is CCc1cn2c(C(OCc3ccccc3)c3ccc(-c4ccccc4C(=O)O)cc3)ccc(C)c2n1. The van der Waals surface area contributed by atoms with Crippen molar-refractivity contribution in [1.29, 1.82) is 0 Å². The van der Waals surface area contributed by atoms with Crippen LogP contribution in [0, 0.1) is 6.92 Å². The third-order valence-electron chi connectivity index (χ3n) is 6.46. The Kier molecular flexibility index (Phi) is 6.65. The van der Waals surface area contributed by atoms with Gasteiger partial charge in [-0.2, -0.15) is 0 Å². The molecule has 1 atom stereocenters. The van der Waals surface area contributed by atoms with E-state index in [1.165, 1.54) is 0 Å². The monoisotopic (exact) mass is 476 g/mol. The number of aromatic nitrogens is 2. The van der Waals surface area contributed by atoms with Gasteiger partial charge in [-0.05, 0) is 53.3 Å². The van der Waals surface area contributed by atoms with E-state index < -0.39 is 5.97 Å². The summed E-state index contributed by atoms with van der Waals surface area (Å²) in [6, 6.07) is 29.4. The summed E-state index contributed by atoms with van der Waals surface area (Å²) in [5.41, 5.74) is 7.99. The number of benzene rings is 3. The minimum atomic E-state index is -0.937. The molecule has 1 unspecified atom stereocenters. The van der Waals surface area contributed by atoms with Crippen LogP contribution in [0.15, 0.2) is 97.2 Å². The van der Waals surface area contributed by atoms with Gasteiger partial charge in [0.2, 0.25) is 0 Å². The summed E-state index contributed by atoms with van der Waals surface area (Å²) >= 11 is 0. The second-order valence-electron chi connectivity index (χ2n) is 8.87. The third kappa shape index (κ3) is 4.66. The Labute approximate surface area is 210 Å². The molecule has 0 amide bonds. The molecule has 2 heterocycles. The molecule has 2 aromatic heterocycles. The molecule has 5 heteroatoms. The van der Waals surface area contributed by atoms with E-state index in [-0.39, 0.29) is 11.7 Å². The Hall–Kier alpha value is -4.22. The van der Waals surface area contributed by atoms with Crippen molar-refractivity contribution in [3.8, 4) is 11.1 Å². The summed E-state index contributed by atoms with van der Waals surface area (Å²) in [6.45, 7) is 4.63. The first-order valence-corrected chi connectivity index (χ1v) is 12.1. The molecule has 0 fully saturated rings. The van der Waals surface area contributed by atoms with E-state index in [1.807, 2.05) is 54.6 Å². The van der Waals surface area contributed by atoms with Crippen LogP contribution in [0.2, 0.25) is 0 Å². The second-order valence-corrected chi connectivity index (χ2v) is 8.87. The fourth-order valence-corrected chi connectivity index (χ4v) is 4.52. The number of hydrogen-bond donors (Lipinski definition) is 1. The average molecular weight is 477 g/mol. The van der Waals surface area contributed by atoms with Crippen molar-refractivity contribution in [2.45, 2.75) is 33.0 Å². The predicted octanol–water partition coefficient (Wildman–Crippen LogP) is 6.88. The van der Waals surface area contributed by atoms with Crippen molar-refractivity contribution < 1.29 is 14.6 Å². The highest BCUT2D eigenvalue weighted by Crippen LogP contribution is 2.32. The maximum atomic E-state index is 11.7. The molecule has 0 bridgehead atoms. The normalized spacial score (nSPS) is 12.1. The minimum absolute atomic E-state index is 0.285. The molecule has 0 saturated heterocycles. The average Bonchev–Trinajstić information content (AvgIpc) is 3.36. The first-order valence-electron chi connectivity index (χ1n) is 12.1. The summed E-state index contributed by atoms with van der Waals surface area (Å²) < 4.78 is 8.69. The molecule has 0 aliphatic rings. The van der Waals surface area contributed by atoms with E-state index >= 15 is 0 Å². The number of aromatic carboxylic acids is 1. The van der Waals surface area contributed by atoms with Crippen LogP contribution < -0.4 is 0 Å². The molecule has 5 aromatic rings. The summed E-state index contributed by atoms with van der Waals surface area (Å²) in [4.78, 5) is 16.5. The van der Waals surface area contributed by atoms with E-state index in [0.717, 1.165) is 45.7 Å². The third-order valence-corrected chi connectivity index (χ3v) is 6.46. The Morgan fingerprint density at radius 1 is 0.944 bits per heavy atom. The van der Waals surface area contributed by atoms with Crippen molar-refractivity contribution in [3.63, 3.8) is 0 Å². The summed E-state index contributed by atoms with van der Waals surface area (Å²) in [6.07, 6.45) is 2.61. The number of carboxylic acid groups (broad SMARTS) is 1. The van der Waals surface area contributed by atoms with Gasteiger partial charge < -0.3 is 14.2 Å². The van der Waals surface area contributed by atoms with Crippen LogP contribution in [0.3, 0.4) is 0 Å². The van der Waals surface area contributed by atoms with E-state index in [9.17, 15) is 9.90 Å². The zero-order valence-corrected chi connectivity index (χ0v) is 20.4. The van der Waals surface area contributed by atoms with Gasteiger partial charge in [-0.3, -0.25) is 0 Å².